The van der Waals surface area contributed by atoms with Crippen molar-refractivity contribution in [1.82, 2.24) is 0 Å². The van der Waals surface area contributed by atoms with Crippen molar-refractivity contribution < 1.29 is 0 Å². The Morgan fingerprint density at radius 1 is 0.947 bits per heavy atom. The quantitative estimate of drug-likeness (QED) is 0.548. The van der Waals surface area contributed by atoms with E-state index in [1.165, 1.54) is 43.3 Å². The molecule has 19 heavy (non-hydrogen) atoms. The second kappa shape index (κ2) is 6.41. The first kappa shape index (κ1) is 14.4. The van der Waals surface area contributed by atoms with Gasteiger partial charge in [-0.15, -0.1) is 0 Å². The fraction of sp³-hybridized carbons (Fsp3) is 0.579. The third-order valence-corrected chi connectivity index (χ3v) is 4.08. The van der Waals surface area contributed by atoms with E-state index in [0.29, 0.717) is 0 Å². The lowest BCUT2D eigenvalue weighted by molar-refractivity contribution is 0.580. The van der Waals surface area contributed by atoms with Gasteiger partial charge in [-0.1, -0.05) is 57.6 Å². The highest BCUT2D eigenvalue weighted by molar-refractivity contribution is 5.62. The summed E-state index contributed by atoms with van der Waals surface area (Å²) >= 11 is 0. The van der Waals surface area contributed by atoms with Crippen LogP contribution < -0.4 is 0 Å². The van der Waals surface area contributed by atoms with Crippen LogP contribution in [0.25, 0.3) is 0 Å². The molecule has 0 fully saturated rings. The topological polar surface area (TPSA) is 0 Å². The van der Waals surface area contributed by atoms with E-state index in [0.717, 1.165) is 11.8 Å². The molecule has 104 valence electrons. The van der Waals surface area contributed by atoms with Gasteiger partial charge < -0.3 is 0 Å². The molecule has 0 aliphatic heterocycles. The molecule has 0 nitrogen and oxygen atoms in total. The normalized spacial score (nSPS) is 18.2. The van der Waals surface area contributed by atoms with Gasteiger partial charge in [0.1, 0.15) is 0 Å². The number of rotatable bonds is 6. The summed E-state index contributed by atoms with van der Waals surface area (Å²) < 4.78 is 0. The zero-order valence-corrected chi connectivity index (χ0v) is 13.0. The minimum Gasteiger partial charge on any atom is -0.0723 e. The van der Waals surface area contributed by atoms with Gasteiger partial charge in [-0.25, -0.2) is 0 Å². The minimum atomic E-state index is 0.797. The molecule has 2 aliphatic rings. The van der Waals surface area contributed by atoms with Crippen LogP contribution in [0.5, 0.6) is 0 Å². The zero-order chi connectivity index (χ0) is 13.8. The smallest absolute Gasteiger partial charge is 0.0126 e. The molecular formula is C19H28. The lowest BCUT2D eigenvalue weighted by atomic mass is 9.88. The van der Waals surface area contributed by atoms with Crippen molar-refractivity contribution in [2.75, 3.05) is 0 Å². The Kier molecular flexibility index (Phi) is 4.85. The SMILES string of the molecule is CC(C)CCC1=CC2=CC=C(CCC(C)C)C2=CC1. The molecule has 0 aromatic heterocycles. The van der Waals surface area contributed by atoms with E-state index >= 15 is 0 Å². The van der Waals surface area contributed by atoms with Crippen LogP contribution in [0.1, 0.15) is 59.8 Å². The minimum absolute atomic E-state index is 0.797. The third-order valence-electron chi connectivity index (χ3n) is 4.08. The molecule has 0 amide bonds. The van der Waals surface area contributed by atoms with Crippen molar-refractivity contribution in [3.8, 4) is 0 Å². The summed E-state index contributed by atoms with van der Waals surface area (Å²) in [4.78, 5) is 0. The van der Waals surface area contributed by atoms with Gasteiger partial charge in [0.15, 0.2) is 0 Å². The predicted octanol–water partition coefficient (Wildman–Crippen LogP) is 5.98. The standard InChI is InChI=1S/C19H28/c1-14(2)5-7-16-8-12-19-17(9-6-15(3)4)10-11-18(19)13-16/h10-15H,5-9H2,1-4H3. The lowest BCUT2D eigenvalue weighted by Gasteiger charge is -2.17. The van der Waals surface area contributed by atoms with Crippen LogP contribution in [-0.2, 0) is 0 Å². The number of hydrogen-bond acceptors (Lipinski definition) is 0. The molecule has 2 aliphatic carbocycles. The Bertz CT molecular complexity index is 439. The van der Waals surface area contributed by atoms with Gasteiger partial charge in [0.2, 0.25) is 0 Å². The van der Waals surface area contributed by atoms with Crippen molar-refractivity contribution in [2.45, 2.75) is 59.8 Å². The molecule has 0 unspecified atom stereocenters. The third kappa shape index (κ3) is 3.96. The van der Waals surface area contributed by atoms with Crippen LogP contribution in [0.4, 0.5) is 0 Å². The van der Waals surface area contributed by atoms with Crippen LogP contribution in [0.15, 0.2) is 46.6 Å². The molecular weight excluding hydrogens is 228 g/mol. The number of fused-ring (bicyclic) bond motifs is 1. The van der Waals surface area contributed by atoms with E-state index in [4.69, 9.17) is 0 Å². The molecule has 0 N–H and O–H groups in total. The van der Waals surface area contributed by atoms with E-state index in [-0.39, 0.29) is 0 Å². The monoisotopic (exact) mass is 256 g/mol. The summed E-state index contributed by atoms with van der Waals surface area (Å²) in [6.45, 7) is 9.24. The highest BCUT2D eigenvalue weighted by Crippen LogP contribution is 2.36. The van der Waals surface area contributed by atoms with Gasteiger partial charge in [0, 0.05) is 0 Å². The molecule has 0 saturated heterocycles. The molecule has 0 radical (unpaired) electrons. The fourth-order valence-corrected chi connectivity index (χ4v) is 2.75. The number of allylic oxidation sites excluding steroid dienone is 8. The van der Waals surface area contributed by atoms with Crippen molar-refractivity contribution >= 4 is 0 Å². The summed E-state index contributed by atoms with van der Waals surface area (Å²) in [5.41, 5.74) is 6.16. The first-order valence-electron chi connectivity index (χ1n) is 7.87. The second-order valence-corrected chi connectivity index (χ2v) is 6.80. The molecule has 0 atom stereocenters. The molecule has 0 aromatic carbocycles. The van der Waals surface area contributed by atoms with Crippen LogP contribution >= 0.6 is 0 Å². The molecule has 0 saturated carbocycles. The number of hydrogen-bond donors (Lipinski definition) is 0. The first-order chi connectivity index (χ1) is 9.06. The summed E-state index contributed by atoms with van der Waals surface area (Å²) in [7, 11) is 0. The average Bonchev–Trinajstić information content (AvgIpc) is 2.76. The van der Waals surface area contributed by atoms with Crippen molar-refractivity contribution in [3.05, 3.63) is 46.6 Å². The zero-order valence-electron chi connectivity index (χ0n) is 13.0. The highest BCUT2D eigenvalue weighted by atomic mass is 14.2. The summed E-state index contributed by atoms with van der Waals surface area (Å²) in [5.74, 6) is 1.61. The Hall–Kier alpha value is -1.04. The van der Waals surface area contributed by atoms with Gasteiger partial charge in [-0.05, 0) is 60.7 Å². The molecule has 0 spiro atoms. The van der Waals surface area contributed by atoms with Crippen LogP contribution in [-0.4, -0.2) is 0 Å². The Morgan fingerprint density at radius 2 is 1.63 bits per heavy atom. The van der Waals surface area contributed by atoms with E-state index in [1.807, 2.05) is 0 Å². The maximum absolute atomic E-state index is 2.46. The molecule has 0 heteroatoms. The van der Waals surface area contributed by atoms with Gasteiger partial charge in [0.05, 0.1) is 0 Å². The fourth-order valence-electron chi connectivity index (χ4n) is 2.75. The van der Waals surface area contributed by atoms with E-state index < -0.39 is 0 Å². The van der Waals surface area contributed by atoms with E-state index in [2.05, 4.69) is 52.0 Å². The van der Waals surface area contributed by atoms with Crippen molar-refractivity contribution in [1.29, 1.82) is 0 Å². The Balaban J connectivity index is 1.92. The van der Waals surface area contributed by atoms with Gasteiger partial charge in [-0.2, -0.15) is 0 Å². The molecule has 0 aromatic rings. The molecule has 0 bridgehead atoms. The van der Waals surface area contributed by atoms with Gasteiger partial charge in [0.25, 0.3) is 0 Å². The second-order valence-electron chi connectivity index (χ2n) is 6.80. The molecule has 0 heterocycles. The maximum atomic E-state index is 2.46. The first-order valence-corrected chi connectivity index (χ1v) is 7.87. The summed E-state index contributed by atoms with van der Waals surface area (Å²) in [5, 5.41) is 0. The Morgan fingerprint density at radius 3 is 2.32 bits per heavy atom. The van der Waals surface area contributed by atoms with Crippen LogP contribution in [0, 0.1) is 11.8 Å². The lowest BCUT2D eigenvalue weighted by Crippen LogP contribution is -1.99. The Labute approximate surface area is 119 Å². The van der Waals surface area contributed by atoms with Crippen molar-refractivity contribution in [3.63, 3.8) is 0 Å². The van der Waals surface area contributed by atoms with E-state index in [1.54, 1.807) is 11.1 Å². The average molecular weight is 256 g/mol. The molecule has 2 rings (SSSR count). The van der Waals surface area contributed by atoms with Crippen molar-refractivity contribution in [2.24, 2.45) is 11.8 Å². The van der Waals surface area contributed by atoms with Gasteiger partial charge in [-0.3, -0.25) is 0 Å². The highest BCUT2D eigenvalue weighted by Gasteiger charge is 2.18. The van der Waals surface area contributed by atoms with E-state index in [9.17, 15) is 0 Å². The van der Waals surface area contributed by atoms with Crippen LogP contribution in [0.2, 0.25) is 0 Å². The summed E-state index contributed by atoms with van der Waals surface area (Å²) in [6, 6.07) is 0. The maximum Gasteiger partial charge on any atom is -0.0126 e. The van der Waals surface area contributed by atoms with Gasteiger partial charge >= 0.3 is 0 Å². The predicted molar refractivity (Wildman–Crippen MR) is 85.1 cm³/mol. The summed E-state index contributed by atoms with van der Waals surface area (Å²) in [6.07, 6.45) is 15.8. The largest absolute Gasteiger partial charge is 0.0723 e. The van der Waals surface area contributed by atoms with Crippen LogP contribution in [0.3, 0.4) is 0 Å².